The highest BCUT2D eigenvalue weighted by Gasteiger charge is 2.19. The second-order valence-electron chi connectivity index (χ2n) is 4.43. The van der Waals surface area contributed by atoms with Crippen molar-refractivity contribution in [3.05, 3.63) is 52.8 Å². The maximum absolute atomic E-state index is 13.4. The molecule has 2 aromatic heterocycles. The van der Waals surface area contributed by atoms with Gasteiger partial charge in [0, 0.05) is 28.4 Å². The monoisotopic (exact) mass is 314 g/mol. The third kappa shape index (κ3) is 2.47. The van der Waals surface area contributed by atoms with Crippen LogP contribution >= 0.6 is 11.6 Å². The molecule has 1 N–H and O–H groups in total. The van der Waals surface area contributed by atoms with Crippen molar-refractivity contribution in [3.8, 4) is 11.3 Å². The molecule has 0 amide bonds. The summed E-state index contributed by atoms with van der Waals surface area (Å²) in [4.78, 5) is 6.71. The van der Waals surface area contributed by atoms with Crippen molar-refractivity contribution < 1.29 is 17.6 Å². The molecule has 0 atom stereocenters. The lowest BCUT2D eigenvalue weighted by Crippen LogP contribution is -1.95. The molecule has 2 nitrogen and oxygen atoms in total. The Morgan fingerprint density at radius 3 is 2.48 bits per heavy atom. The van der Waals surface area contributed by atoms with Crippen LogP contribution in [0.1, 0.15) is 12.0 Å². The van der Waals surface area contributed by atoms with Gasteiger partial charge in [0.2, 0.25) is 0 Å². The number of rotatable bonds is 2. The minimum atomic E-state index is -2.93. The van der Waals surface area contributed by atoms with Crippen molar-refractivity contribution in [1.29, 1.82) is 0 Å². The molecule has 3 aromatic rings. The van der Waals surface area contributed by atoms with Gasteiger partial charge in [-0.3, -0.25) is 0 Å². The van der Waals surface area contributed by atoms with Crippen LogP contribution in [-0.4, -0.2) is 9.97 Å². The number of aromatic amines is 1. The van der Waals surface area contributed by atoms with Crippen molar-refractivity contribution in [3.63, 3.8) is 0 Å². The highest BCUT2D eigenvalue weighted by molar-refractivity contribution is 6.30. The van der Waals surface area contributed by atoms with Crippen LogP contribution < -0.4 is 0 Å². The molecule has 2 heterocycles. The fraction of sp³-hybridized carbons (Fsp3) is 0.0714. The third-order valence-corrected chi connectivity index (χ3v) is 3.30. The van der Waals surface area contributed by atoms with E-state index in [1.807, 2.05) is 0 Å². The van der Waals surface area contributed by atoms with Gasteiger partial charge in [0.15, 0.2) is 11.6 Å². The Kier molecular flexibility index (Phi) is 3.33. The molecular formula is C14H7ClF4N2. The molecule has 0 bridgehead atoms. The fourth-order valence-electron chi connectivity index (χ4n) is 2.12. The predicted molar refractivity (Wildman–Crippen MR) is 71.4 cm³/mol. The topological polar surface area (TPSA) is 28.7 Å². The number of hydrogen-bond donors (Lipinski definition) is 1. The van der Waals surface area contributed by atoms with Gasteiger partial charge in [-0.15, -0.1) is 0 Å². The molecular weight excluding hydrogens is 308 g/mol. The van der Waals surface area contributed by atoms with Gasteiger partial charge in [-0.2, -0.15) is 0 Å². The number of aromatic nitrogens is 2. The Labute approximate surface area is 121 Å². The van der Waals surface area contributed by atoms with Crippen LogP contribution in [0.5, 0.6) is 0 Å². The second kappa shape index (κ2) is 5.04. The van der Waals surface area contributed by atoms with Crippen LogP contribution in [0.25, 0.3) is 22.2 Å². The van der Waals surface area contributed by atoms with E-state index >= 15 is 0 Å². The molecule has 0 saturated heterocycles. The van der Waals surface area contributed by atoms with E-state index in [-0.39, 0.29) is 16.4 Å². The van der Waals surface area contributed by atoms with Gasteiger partial charge in [-0.05, 0) is 24.3 Å². The van der Waals surface area contributed by atoms with Crippen molar-refractivity contribution in [2.75, 3.05) is 0 Å². The summed E-state index contributed by atoms with van der Waals surface area (Å²) in [7, 11) is 0. The van der Waals surface area contributed by atoms with Crippen molar-refractivity contribution in [2.24, 2.45) is 0 Å². The van der Waals surface area contributed by atoms with E-state index in [9.17, 15) is 17.6 Å². The van der Waals surface area contributed by atoms with Crippen LogP contribution in [0.2, 0.25) is 5.15 Å². The third-order valence-electron chi connectivity index (χ3n) is 3.09. The summed E-state index contributed by atoms with van der Waals surface area (Å²) < 4.78 is 52.5. The Morgan fingerprint density at radius 1 is 1.05 bits per heavy atom. The zero-order chi connectivity index (χ0) is 15.1. The number of nitrogens with zero attached hydrogens (tertiary/aromatic N) is 1. The zero-order valence-electron chi connectivity index (χ0n) is 10.3. The summed E-state index contributed by atoms with van der Waals surface area (Å²) in [5.74, 6) is -2.50. The molecule has 0 radical (unpaired) electrons. The molecule has 21 heavy (non-hydrogen) atoms. The molecule has 0 aliphatic rings. The van der Waals surface area contributed by atoms with Crippen molar-refractivity contribution in [1.82, 2.24) is 9.97 Å². The van der Waals surface area contributed by atoms with E-state index in [4.69, 9.17) is 11.6 Å². The summed E-state index contributed by atoms with van der Waals surface area (Å²) in [5.41, 5.74) is 0.119. The SMILES string of the molecule is Fc1cc(-c2cc3cnc(Cl)cc3[nH]2)c(C(F)F)cc1F. The fourth-order valence-corrected chi connectivity index (χ4v) is 2.28. The Balaban J connectivity index is 2.24. The van der Waals surface area contributed by atoms with Crippen LogP contribution in [-0.2, 0) is 0 Å². The Hall–Kier alpha value is -2.08. The average Bonchev–Trinajstić information content (AvgIpc) is 2.83. The van der Waals surface area contributed by atoms with Gasteiger partial charge in [0.05, 0.1) is 5.52 Å². The van der Waals surface area contributed by atoms with Gasteiger partial charge in [0.25, 0.3) is 6.43 Å². The minimum absolute atomic E-state index is 0.101. The summed E-state index contributed by atoms with van der Waals surface area (Å²) in [6, 6.07) is 4.29. The number of halogens is 5. The Bertz CT molecular complexity index is 829. The summed E-state index contributed by atoms with van der Waals surface area (Å²) in [6.07, 6.45) is -1.47. The lowest BCUT2D eigenvalue weighted by atomic mass is 10.0. The van der Waals surface area contributed by atoms with Gasteiger partial charge >= 0.3 is 0 Å². The second-order valence-corrected chi connectivity index (χ2v) is 4.82. The van der Waals surface area contributed by atoms with Gasteiger partial charge in [-0.25, -0.2) is 22.5 Å². The van der Waals surface area contributed by atoms with Crippen LogP contribution in [0, 0.1) is 11.6 Å². The van der Waals surface area contributed by atoms with Crippen molar-refractivity contribution >= 4 is 22.5 Å². The minimum Gasteiger partial charge on any atom is -0.354 e. The maximum Gasteiger partial charge on any atom is 0.264 e. The normalized spacial score (nSPS) is 11.5. The largest absolute Gasteiger partial charge is 0.354 e. The molecule has 0 aliphatic heterocycles. The summed E-state index contributed by atoms with van der Waals surface area (Å²) in [6.45, 7) is 0. The van der Waals surface area contributed by atoms with Crippen LogP contribution in [0.15, 0.2) is 30.5 Å². The first kappa shape index (κ1) is 13.9. The first-order chi connectivity index (χ1) is 9.95. The number of benzene rings is 1. The van der Waals surface area contributed by atoms with E-state index in [1.54, 1.807) is 0 Å². The van der Waals surface area contributed by atoms with E-state index in [2.05, 4.69) is 9.97 Å². The number of alkyl halides is 2. The molecule has 1 aromatic carbocycles. The molecule has 0 spiro atoms. The van der Waals surface area contributed by atoms with Gasteiger partial charge in [-0.1, -0.05) is 11.6 Å². The number of H-pyrrole nitrogens is 1. The Morgan fingerprint density at radius 2 is 1.76 bits per heavy atom. The number of fused-ring (bicyclic) bond motifs is 1. The van der Waals surface area contributed by atoms with E-state index in [0.29, 0.717) is 17.0 Å². The first-order valence-corrected chi connectivity index (χ1v) is 6.25. The molecule has 0 aliphatic carbocycles. The first-order valence-electron chi connectivity index (χ1n) is 5.87. The van der Waals surface area contributed by atoms with Crippen LogP contribution in [0.3, 0.4) is 0 Å². The molecule has 108 valence electrons. The lowest BCUT2D eigenvalue weighted by Gasteiger charge is -2.08. The lowest BCUT2D eigenvalue weighted by molar-refractivity contribution is 0.151. The quantitative estimate of drug-likeness (QED) is 0.517. The average molecular weight is 315 g/mol. The predicted octanol–water partition coefficient (Wildman–Crippen LogP) is 5.10. The maximum atomic E-state index is 13.4. The van der Waals surface area contributed by atoms with Crippen LogP contribution in [0.4, 0.5) is 17.6 Å². The number of hydrogen-bond acceptors (Lipinski definition) is 1. The smallest absolute Gasteiger partial charge is 0.264 e. The molecule has 0 unspecified atom stereocenters. The number of nitrogens with one attached hydrogen (secondary N) is 1. The highest BCUT2D eigenvalue weighted by Crippen LogP contribution is 2.34. The number of pyridine rings is 1. The molecule has 3 rings (SSSR count). The molecule has 0 fully saturated rings. The summed E-state index contributed by atoms with van der Waals surface area (Å²) >= 11 is 5.74. The van der Waals surface area contributed by atoms with Crippen molar-refractivity contribution in [2.45, 2.75) is 6.43 Å². The standard InChI is InChI=1S/C14H7ClF4N2/c15-13-4-11-6(5-20-13)1-12(21-11)7-2-9(16)10(17)3-8(7)14(18)19/h1-5,14,21H. The van der Waals surface area contributed by atoms with Gasteiger partial charge < -0.3 is 4.98 Å². The zero-order valence-corrected chi connectivity index (χ0v) is 11.1. The van der Waals surface area contributed by atoms with E-state index in [1.165, 1.54) is 18.3 Å². The summed E-state index contributed by atoms with van der Waals surface area (Å²) in [5, 5.41) is 0.856. The van der Waals surface area contributed by atoms with Gasteiger partial charge in [0.1, 0.15) is 5.15 Å². The molecule has 0 saturated carbocycles. The van der Waals surface area contributed by atoms with E-state index < -0.39 is 23.6 Å². The highest BCUT2D eigenvalue weighted by atomic mass is 35.5. The molecule has 7 heteroatoms. The van der Waals surface area contributed by atoms with E-state index in [0.717, 1.165) is 6.07 Å².